The number of benzene rings is 3. The van der Waals surface area contributed by atoms with Crippen LogP contribution in [0, 0.1) is 5.82 Å². The van der Waals surface area contributed by atoms with Gasteiger partial charge in [-0.15, -0.1) is 0 Å². The average molecular weight is 497 g/mol. The fraction of sp³-hybridized carbons (Fsp3) is 0.0800. The molecule has 0 aromatic heterocycles. The molecule has 0 aliphatic carbocycles. The highest BCUT2D eigenvalue weighted by Crippen LogP contribution is 2.34. The summed E-state index contributed by atoms with van der Waals surface area (Å²) in [5.74, 6) is -1.25. The first-order valence-electron chi connectivity index (χ1n) is 10.1. The van der Waals surface area contributed by atoms with Crippen LogP contribution in [0.2, 0.25) is 5.02 Å². The summed E-state index contributed by atoms with van der Waals surface area (Å²) in [4.78, 5) is 30.1. The zero-order chi connectivity index (χ0) is 24.2. The van der Waals surface area contributed by atoms with Gasteiger partial charge >= 0.3 is 5.97 Å². The topological polar surface area (TPSA) is 79.2 Å². The van der Waals surface area contributed by atoms with Crippen LogP contribution in [0.15, 0.2) is 76.6 Å². The second-order valence-corrected chi connectivity index (χ2v) is 8.71. The van der Waals surface area contributed by atoms with E-state index in [1.54, 1.807) is 61.7 Å². The molecular weight excluding hydrogens is 479 g/mol. The van der Waals surface area contributed by atoms with E-state index in [4.69, 9.17) is 21.4 Å². The van der Waals surface area contributed by atoms with Gasteiger partial charge in [0.05, 0.1) is 21.2 Å². The van der Waals surface area contributed by atoms with Gasteiger partial charge in [-0.3, -0.25) is 9.69 Å². The zero-order valence-corrected chi connectivity index (χ0v) is 19.4. The summed E-state index contributed by atoms with van der Waals surface area (Å²) in [5, 5.41) is 9.91. The van der Waals surface area contributed by atoms with Crippen LogP contribution >= 0.6 is 23.4 Å². The van der Waals surface area contributed by atoms with Gasteiger partial charge in [-0.1, -0.05) is 41.9 Å². The number of likely N-dealkylation sites (N-methyl/N-ethyl adjacent to an activating group) is 1. The molecule has 1 N–H and O–H groups in total. The number of nitrogens with zero attached hydrogens (tertiary/aromatic N) is 2. The molecular formula is C25H18ClFN2O4S. The Morgan fingerprint density at radius 2 is 1.97 bits per heavy atom. The molecule has 6 nitrogen and oxygen atoms in total. The van der Waals surface area contributed by atoms with Crippen molar-refractivity contribution in [3.8, 4) is 5.75 Å². The number of carbonyl (C=O) groups is 2. The monoisotopic (exact) mass is 496 g/mol. The van der Waals surface area contributed by atoms with Crippen molar-refractivity contribution in [3.63, 3.8) is 0 Å². The summed E-state index contributed by atoms with van der Waals surface area (Å²) in [7, 11) is 1.60. The van der Waals surface area contributed by atoms with E-state index in [0.29, 0.717) is 37.7 Å². The summed E-state index contributed by atoms with van der Waals surface area (Å²) in [6.45, 7) is 0.0366. The van der Waals surface area contributed by atoms with Crippen LogP contribution in [-0.2, 0) is 11.4 Å². The normalized spacial score (nSPS) is 15.9. The lowest BCUT2D eigenvalue weighted by atomic mass is 10.2. The van der Waals surface area contributed by atoms with E-state index < -0.39 is 5.97 Å². The van der Waals surface area contributed by atoms with Crippen LogP contribution in [0.25, 0.3) is 6.08 Å². The Morgan fingerprint density at radius 1 is 1.18 bits per heavy atom. The summed E-state index contributed by atoms with van der Waals surface area (Å²) < 4.78 is 19.4. The molecule has 4 rings (SSSR count). The number of thioether (sulfide) groups is 1. The van der Waals surface area contributed by atoms with Crippen molar-refractivity contribution in [2.24, 2.45) is 4.99 Å². The lowest BCUT2D eigenvalue weighted by Gasteiger charge is -2.09. The molecule has 0 unspecified atom stereocenters. The van der Waals surface area contributed by atoms with Gasteiger partial charge in [0.15, 0.2) is 5.17 Å². The molecule has 1 fully saturated rings. The van der Waals surface area contributed by atoms with Crippen LogP contribution in [0.5, 0.6) is 5.75 Å². The van der Waals surface area contributed by atoms with E-state index in [1.807, 2.05) is 0 Å². The number of hydrogen-bond acceptors (Lipinski definition) is 5. The van der Waals surface area contributed by atoms with Crippen LogP contribution in [0.1, 0.15) is 21.5 Å². The number of hydrogen-bond donors (Lipinski definition) is 1. The van der Waals surface area contributed by atoms with Crippen LogP contribution < -0.4 is 4.74 Å². The molecule has 1 heterocycles. The van der Waals surface area contributed by atoms with Gasteiger partial charge in [0, 0.05) is 12.6 Å². The maximum atomic E-state index is 13.8. The third kappa shape index (κ3) is 5.30. The minimum Gasteiger partial charge on any atom is -0.487 e. The van der Waals surface area contributed by atoms with Crippen molar-refractivity contribution in [2.45, 2.75) is 6.61 Å². The molecule has 34 heavy (non-hydrogen) atoms. The van der Waals surface area contributed by atoms with Crippen LogP contribution in [0.3, 0.4) is 0 Å². The highest BCUT2D eigenvalue weighted by Gasteiger charge is 2.30. The molecule has 0 spiro atoms. The molecule has 0 atom stereocenters. The predicted octanol–water partition coefficient (Wildman–Crippen LogP) is 5.99. The summed E-state index contributed by atoms with van der Waals surface area (Å²) in [5.41, 5.74) is 1.65. The maximum absolute atomic E-state index is 13.8. The lowest BCUT2D eigenvalue weighted by molar-refractivity contribution is -0.121. The van der Waals surface area contributed by atoms with Crippen molar-refractivity contribution in [3.05, 3.63) is 99.2 Å². The Kier molecular flexibility index (Phi) is 7.00. The molecule has 1 saturated heterocycles. The molecule has 3 aromatic rings. The minimum absolute atomic E-state index is 0.0366. The second kappa shape index (κ2) is 10.1. The van der Waals surface area contributed by atoms with E-state index in [1.165, 1.54) is 34.9 Å². The number of carboxylic acids is 1. The minimum atomic E-state index is -1.05. The molecule has 1 amide bonds. The third-order valence-corrected chi connectivity index (χ3v) is 6.27. The second-order valence-electron chi connectivity index (χ2n) is 7.29. The SMILES string of the molecule is CN1C(=O)C(=Cc2ccc(OCc3ccccc3F)c(Cl)c2)SC1=Nc1cccc(C(=O)O)c1. The highest BCUT2D eigenvalue weighted by molar-refractivity contribution is 8.18. The zero-order valence-electron chi connectivity index (χ0n) is 17.9. The third-order valence-electron chi connectivity index (χ3n) is 4.92. The summed E-state index contributed by atoms with van der Waals surface area (Å²) >= 11 is 7.51. The Balaban J connectivity index is 1.51. The average Bonchev–Trinajstić information content (AvgIpc) is 3.07. The fourth-order valence-corrected chi connectivity index (χ4v) is 4.35. The smallest absolute Gasteiger partial charge is 0.335 e. The number of rotatable bonds is 6. The number of aromatic carboxylic acids is 1. The largest absolute Gasteiger partial charge is 0.487 e. The molecule has 0 radical (unpaired) electrons. The number of amidine groups is 1. The number of carbonyl (C=O) groups excluding carboxylic acids is 1. The first kappa shape index (κ1) is 23.5. The Morgan fingerprint density at radius 3 is 2.71 bits per heavy atom. The lowest BCUT2D eigenvalue weighted by Crippen LogP contribution is -2.23. The summed E-state index contributed by atoms with van der Waals surface area (Å²) in [6.07, 6.45) is 1.69. The molecule has 0 bridgehead atoms. The van der Waals surface area contributed by atoms with Gasteiger partial charge in [-0.2, -0.15) is 0 Å². The van der Waals surface area contributed by atoms with Gasteiger partial charge < -0.3 is 9.84 Å². The van der Waals surface area contributed by atoms with E-state index in [-0.39, 0.29) is 23.9 Å². The first-order valence-corrected chi connectivity index (χ1v) is 11.3. The van der Waals surface area contributed by atoms with Gasteiger partial charge in [0.25, 0.3) is 5.91 Å². The van der Waals surface area contributed by atoms with Gasteiger partial charge in [0.2, 0.25) is 0 Å². The number of halogens is 2. The summed E-state index contributed by atoms with van der Waals surface area (Å²) in [6, 6.07) is 17.6. The first-order chi connectivity index (χ1) is 16.3. The van der Waals surface area contributed by atoms with Gasteiger partial charge in [-0.05, 0) is 59.8 Å². The van der Waals surface area contributed by atoms with Crippen molar-refractivity contribution >= 4 is 52.2 Å². The van der Waals surface area contributed by atoms with Crippen molar-refractivity contribution < 1.29 is 23.8 Å². The molecule has 3 aromatic carbocycles. The Labute approximate surface area is 204 Å². The number of amides is 1. The number of ether oxygens (including phenoxy) is 1. The van der Waals surface area contributed by atoms with E-state index in [2.05, 4.69) is 4.99 Å². The van der Waals surface area contributed by atoms with Gasteiger partial charge in [0.1, 0.15) is 18.2 Å². The highest BCUT2D eigenvalue weighted by atomic mass is 35.5. The molecule has 9 heteroatoms. The Bertz CT molecular complexity index is 1340. The molecule has 172 valence electrons. The van der Waals surface area contributed by atoms with Crippen LogP contribution in [-0.4, -0.2) is 34.1 Å². The standard InChI is InChI=1S/C25H18ClFN2O4S/c1-29-23(30)22(34-25(29)28-18-7-4-6-16(13-18)24(31)32)12-15-9-10-21(19(26)11-15)33-14-17-5-2-3-8-20(17)27/h2-13H,14H2,1H3,(H,31,32). The molecule has 1 aliphatic heterocycles. The van der Waals surface area contributed by atoms with E-state index in [0.717, 1.165) is 0 Å². The van der Waals surface area contributed by atoms with E-state index in [9.17, 15) is 14.0 Å². The quantitative estimate of drug-likeness (QED) is 0.424. The van der Waals surface area contributed by atoms with Crippen molar-refractivity contribution in [1.82, 2.24) is 4.90 Å². The van der Waals surface area contributed by atoms with Crippen molar-refractivity contribution in [1.29, 1.82) is 0 Å². The molecule has 1 aliphatic rings. The number of carboxylic acid groups (broad SMARTS) is 1. The molecule has 0 saturated carbocycles. The number of aliphatic imine (C=N–C) groups is 1. The Hall–Kier alpha value is -3.62. The fourth-order valence-electron chi connectivity index (χ4n) is 3.12. The predicted molar refractivity (Wildman–Crippen MR) is 131 cm³/mol. The van der Waals surface area contributed by atoms with Crippen molar-refractivity contribution in [2.75, 3.05) is 7.05 Å². The van der Waals surface area contributed by atoms with E-state index >= 15 is 0 Å². The van der Waals surface area contributed by atoms with Crippen LogP contribution in [0.4, 0.5) is 10.1 Å². The maximum Gasteiger partial charge on any atom is 0.335 e. The van der Waals surface area contributed by atoms with Gasteiger partial charge in [-0.25, -0.2) is 14.2 Å².